The van der Waals surface area contributed by atoms with Gasteiger partial charge >= 0.3 is 25.7 Å². The monoisotopic (exact) mass is 823 g/mol. The van der Waals surface area contributed by atoms with Crippen LogP contribution in [0.25, 0.3) is 0 Å². The third-order valence-electron chi connectivity index (χ3n) is 9.16. The van der Waals surface area contributed by atoms with E-state index in [1.54, 1.807) is 0 Å². The molecule has 13 heteroatoms. The fourth-order valence-electron chi connectivity index (χ4n) is 5.65. The summed E-state index contributed by atoms with van der Waals surface area (Å²) in [6.45, 7) is 2.64. The summed E-state index contributed by atoms with van der Waals surface area (Å²) in [5, 5.41) is 8.89. The van der Waals surface area contributed by atoms with E-state index in [0.29, 0.717) is 19.3 Å². The van der Waals surface area contributed by atoms with Crippen molar-refractivity contribution in [3.63, 3.8) is 0 Å². The van der Waals surface area contributed by atoms with Crippen LogP contribution >= 0.6 is 7.82 Å². The van der Waals surface area contributed by atoms with E-state index in [4.69, 9.17) is 29.6 Å². The maximum absolute atomic E-state index is 12.6. The number of ether oxygens (including phenoxy) is 3. The second-order valence-electron chi connectivity index (χ2n) is 14.5. The highest BCUT2D eigenvalue weighted by molar-refractivity contribution is 7.47. The predicted molar refractivity (Wildman–Crippen MR) is 225 cm³/mol. The van der Waals surface area contributed by atoms with Crippen LogP contribution in [0.2, 0.25) is 0 Å². The van der Waals surface area contributed by atoms with Crippen LogP contribution in [0.5, 0.6) is 0 Å². The summed E-state index contributed by atoms with van der Waals surface area (Å²) in [6.07, 6.45) is 41.6. The number of allylic oxidation sites excluding steroid dienone is 9. The number of esters is 2. The number of hydrogen-bond donors (Lipinski definition) is 3. The molecule has 326 valence electrons. The zero-order chi connectivity index (χ0) is 41.8. The lowest BCUT2D eigenvalue weighted by Gasteiger charge is -2.20. The molecule has 5 atom stereocenters. The lowest BCUT2D eigenvalue weighted by Crippen LogP contribution is -2.34. The Balaban J connectivity index is 2.36. The summed E-state index contributed by atoms with van der Waals surface area (Å²) in [5.41, 5.74) is 5.33. The highest BCUT2D eigenvalue weighted by Crippen LogP contribution is 2.43. The molecule has 1 heterocycles. The van der Waals surface area contributed by atoms with Crippen molar-refractivity contribution >= 4 is 25.7 Å². The number of carbonyl (C=O) groups is 3. The van der Waals surface area contributed by atoms with E-state index in [-0.39, 0.29) is 25.0 Å². The molecule has 1 saturated heterocycles. The first kappa shape index (κ1) is 52.2. The van der Waals surface area contributed by atoms with Gasteiger partial charge in [-0.3, -0.25) is 23.4 Å². The average Bonchev–Trinajstić information content (AvgIpc) is 3.94. The van der Waals surface area contributed by atoms with Gasteiger partial charge in [0.1, 0.15) is 12.6 Å². The number of nitrogens with two attached hydrogens (primary N) is 1. The summed E-state index contributed by atoms with van der Waals surface area (Å²) in [6, 6.07) is -1.54. The maximum Gasteiger partial charge on any atom is 0.472 e. The first-order valence-electron chi connectivity index (χ1n) is 21.4. The number of carboxylic acid groups (broad SMARTS) is 1. The Hall–Kier alpha value is -2.86. The minimum absolute atomic E-state index is 0.0973. The lowest BCUT2D eigenvalue weighted by atomic mass is 10.1. The third-order valence-corrected chi connectivity index (χ3v) is 10.1. The maximum atomic E-state index is 12.6. The molecule has 0 aliphatic carbocycles. The number of rotatable bonds is 38. The van der Waals surface area contributed by atoms with Crippen molar-refractivity contribution in [3.05, 3.63) is 60.8 Å². The molecule has 1 aliphatic rings. The van der Waals surface area contributed by atoms with Gasteiger partial charge in [-0.15, -0.1) is 0 Å². The van der Waals surface area contributed by atoms with Crippen LogP contribution in [0.3, 0.4) is 0 Å². The molecule has 0 amide bonds. The van der Waals surface area contributed by atoms with Crippen LogP contribution < -0.4 is 5.73 Å². The van der Waals surface area contributed by atoms with Gasteiger partial charge in [-0.2, -0.15) is 0 Å². The first-order valence-corrected chi connectivity index (χ1v) is 22.9. The molecule has 0 aromatic heterocycles. The Morgan fingerprint density at radius 2 is 1.16 bits per heavy atom. The SMILES string of the molecule is CCCCC/C=C\C/C=C\C/C=C\CC1OC1CCCC(=O)OC[C@H](COP(=O)(O)OC[C@H](N)C(=O)O)OC(=O)CCCCCCC/C=C\C/C=C\CCCCC. The van der Waals surface area contributed by atoms with Crippen molar-refractivity contribution in [2.45, 2.75) is 179 Å². The normalized spacial score (nSPS) is 17.9. The van der Waals surface area contributed by atoms with Crippen molar-refractivity contribution < 1.29 is 52.2 Å². The molecule has 1 rings (SSSR count). The number of unbranched alkanes of at least 4 members (excludes halogenated alkanes) is 11. The van der Waals surface area contributed by atoms with Crippen LogP contribution in [0.1, 0.15) is 155 Å². The van der Waals surface area contributed by atoms with Crippen molar-refractivity contribution in [2.75, 3.05) is 19.8 Å². The molecule has 0 spiro atoms. The summed E-state index contributed by atoms with van der Waals surface area (Å²) in [4.78, 5) is 46.0. The molecule has 0 bridgehead atoms. The van der Waals surface area contributed by atoms with E-state index in [1.807, 2.05) is 0 Å². The first-order chi connectivity index (χ1) is 27.6. The number of aliphatic carboxylic acids is 1. The number of phosphoric ester groups is 1. The van der Waals surface area contributed by atoms with Gasteiger partial charge in [0.15, 0.2) is 6.10 Å². The lowest BCUT2D eigenvalue weighted by molar-refractivity contribution is -0.161. The molecule has 4 N–H and O–H groups in total. The molecular formula is C44H74NO11P. The number of phosphoric acid groups is 1. The van der Waals surface area contributed by atoms with Crippen LogP contribution in [0, 0.1) is 0 Å². The summed E-state index contributed by atoms with van der Waals surface area (Å²) < 4.78 is 38.4. The molecule has 57 heavy (non-hydrogen) atoms. The zero-order valence-electron chi connectivity index (χ0n) is 34.9. The highest BCUT2D eigenvalue weighted by atomic mass is 31.2. The van der Waals surface area contributed by atoms with Crippen molar-refractivity contribution in [1.82, 2.24) is 0 Å². The zero-order valence-corrected chi connectivity index (χ0v) is 35.7. The molecule has 1 aliphatic heterocycles. The number of carboxylic acids is 1. The molecule has 0 radical (unpaired) electrons. The molecule has 3 unspecified atom stereocenters. The van der Waals surface area contributed by atoms with Gasteiger partial charge < -0.3 is 29.9 Å². The Morgan fingerprint density at radius 1 is 0.649 bits per heavy atom. The molecular weight excluding hydrogens is 749 g/mol. The van der Waals surface area contributed by atoms with Gasteiger partial charge in [-0.05, 0) is 83.5 Å². The molecule has 0 aromatic carbocycles. The predicted octanol–water partition coefficient (Wildman–Crippen LogP) is 10.2. The van der Waals surface area contributed by atoms with Crippen LogP contribution in [0.4, 0.5) is 0 Å². The van der Waals surface area contributed by atoms with Crippen molar-refractivity contribution in [1.29, 1.82) is 0 Å². The van der Waals surface area contributed by atoms with E-state index in [1.165, 1.54) is 38.5 Å². The molecule has 12 nitrogen and oxygen atoms in total. The van der Waals surface area contributed by atoms with E-state index in [2.05, 4.69) is 79.1 Å². The smallest absolute Gasteiger partial charge is 0.472 e. The second kappa shape index (κ2) is 35.1. The standard InChI is InChI=1S/C44H74NO11P/c1-3-5-7-9-11-13-15-17-18-19-21-23-25-27-29-33-43(47)55-38(36-53-57(50,51)54-37-39(45)44(48)49)35-52-42(46)34-30-32-41-40(56-41)31-28-26-24-22-20-16-14-12-10-8-6-4-2/h11-14,17-18,20,22,26,28,38-41H,3-10,15-16,19,21,23-25,27,29-37,45H2,1-2H3,(H,48,49)(H,50,51)/b13-11-,14-12-,18-17-,22-20-,28-26-/t38-,39+,40?,41?/m1/s1. The van der Waals surface area contributed by atoms with Crippen molar-refractivity contribution in [2.24, 2.45) is 5.73 Å². The number of carbonyl (C=O) groups excluding carboxylic acids is 2. The fraction of sp³-hybridized carbons (Fsp3) is 0.705. The number of epoxide rings is 1. The van der Waals surface area contributed by atoms with Crippen LogP contribution in [0.15, 0.2) is 60.8 Å². The largest absolute Gasteiger partial charge is 0.480 e. The minimum atomic E-state index is -4.74. The average molecular weight is 824 g/mol. The van der Waals surface area contributed by atoms with E-state index < -0.39 is 57.7 Å². The van der Waals surface area contributed by atoms with E-state index in [9.17, 15) is 23.8 Å². The Labute approximate surface area is 343 Å². The Kier molecular flexibility index (Phi) is 32.1. The molecule has 1 fully saturated rings. The third kappa shape index (κ3) is 32.8. The summed E-state index contributed by atoms with van der Waals surface area (Å²) >= 11 is 0. The second-order valence-corrected chi connectivity index (χ2v) is 16.0. The quantitative estimate of drug-likeness (QED) is 0.0176. The van der Waals surface area contributed by atoms with E-state index >= 15 is 0 Å². The van der Waals surface area contributed by atoms with Crippen LogP contribution in [-0.2, 0) is 42.2 Å². The minimum Gasteiger partial charge on any atom is -0.480 e. The Bertz CT molecular complexity index is 1260. The topological polar surface area (TPSA) is 184 Å². The van der Waals surface area contributed by atoms with Gasteiger partial charge in [-0.1, -0.05) is 120 Å². The van der Waals surface area contributed by atoms with Gasteiger partial charge in [0.05, 0.1) is 25.4 Å². The van der Waals surface area contributed by atoms with Gasteiger partial charge in [-0.25, -0.2) is 4.57 Å². The Morgan fingerprint density at radius 3 is 1.75 bits per heavy atom. The van der Waals surface area contributed by atoms with Crippen LogP contribution in [-0.4, -0.2) is 72.1 Å². The molecule has 0 aromatic rings. The number of hydrogen-bond acceptors (Lipinski definition) is 10. The van der Waals surface area contributed by atoms with Gasteiger partial charge in [0, 0.05) is 12.8 Å². The van der Waals surface area contributed by atoms with Crippen molar-refractivity contribution in [3.8, 4) is 0 Å². The van der Waals surface area contributed by atoms with Gasteiger partial charge in [0.2, 0.25) is 0 Å². The van der Waals surface area contributed by atoms with Gasteiger partial charge in [0.25, 0.3) is 0 Å². The summed E-state index contributed by atoms with van der Waals surface area (Å²) in [5.74, 6) is -2.49. The van der Waals surface area contributed by atoms with E-state index in [0.717, 1.165) is 70.6 Å². The molecule has 0 saturated carbocycles. The fourth-order valence-corrected chi connectivity index (χ4v) is 6.43. The summed E-state index contributed by atoms with van der Waals surface area (Å²) in [7, 11) is -4.74. The highest BCUT2D eigenvalue weighted by Gasteiger charge is 2.36.